The van der Waals surface area contributed by atoms with Crippen LogP contribution in [0.15, 0.2) is 66.7 Å². The Hall–Kier alpha value is -3.40. The van der Waals surface area contributed by atoms with Crippen molar-refractivity contribution in [3.63, 3.8) is 0 Å². The number of carboxylic acid groups (broad SMARTS) is 1. The van der Waals surface area contributed by atoms with E-state index >= 15 is 0 Å². The number of carbonyl (C=O) groups is 1. The van der Waals surface area contributed by atoms with E-state index in [4.69, 9.17) is 4.74 Å². The first-order chi connectivity index (χ1) is 14.1. The van der Waals surface area contributed by atoms with Gasteiger partial charge in [-0.05, 0) is 61.1 Å². The molecule has 0 radical (unpaired) electrons. The molecule has 0 unspecified atom stereocenters. The third-order valence-corrected chi connectivity index (χ3v) is 5.22. The van der Waals surface area contributed by atoms with Gasteiger partial charge in [-0.25, -0.2) is 9.78 Å². The van der Waals surface area contributed by atoms with Crippen molar-refractivity contribution >= 4 is 17.1 Å². The quantitative estimate of drug-likeness (QED) is 0.586. The molecule has 1 aliphatic carbocycles. The standard InChI is InChI=1S/C25H23NO3/c1-17-12-14-18(15-13-17)16-29-24-11-3-2-6-21(24)19-7-4-8-20(19)22-9-5-10-23(26-22)25(27)28/h2-3,5-6,9-15H,4,7-8,16H2,1H3,(H,27,28). The van der Waals surface area contributed by atoms with E-state index in [1.807, 2.05) is 24.3 Å². The van der Waals surface area contributed by atoms with Crippen LogP contribution in [0.1, 0.15) is 52.1 Å². The van der Waals surface area contributed by atoms with Crippen LogP contribution in [0.5, 0.6) is 5.75 Å². The number of nitrogens with zero attached hydrogens (tertiary/aromatic N) is 1. The molecule has 4 nitrogen and oxygen atoms in total. The van der Waals surface area contributed by atoms with Crippen molar-refractivity contribution < 1.29 is 14.6 Å². The maximum absolute atomic E-state index is 11.3. The van der Waals surface area contributed by atoms with E-state index in [1.54, 1.807) is 6.07 Å². The highest BCUT2D eigenvalue weighted by molar-refractivity contribution is 5.94. The van der Waals surface area contributed by atoms with Crippen molar-refractivity contribution in [1.29, 1.82) is 0 Å². The fraction of sp³-hybridized carbons (Fsp3) is 0.200. The summed E-state index contributed by atoms with van der Waals surface area (Å²) in [6, 6.07) is 21.6. The first-order valence-electron chi connectivity index (χ1n) is 9.82. The zero-order valence-electron chi connectivity index (χ0n) is 16.4. The molecule has 29 heavy (non-hydrogen) atoms. The Balaban J connectivity index is 1.66. The topological polar surface area (TPSA) is 59.4 Å². The zero-order chi connectivity index (χ0) is 20.2. The Morgan fingerprint density at radius 3 is 2.52 bits per heavy atom. The van der Waals surface area contributed by atoms with Gasteiger partial charge in [0.15, 0.2) is 0 Å². The number of aromatic carboxylic acids is 1. The van der Waals surface area contributed by atoms with Crippen LogP contribution in [-0.2, 0) is 6.61 Å². The van der Waals surface area contributed by atoms with Crippen molar-refractivity contribution in [2.75, 3.05) is 0 Å². The molecule has 0 amide bonds. The van der Waals surface area contributed by atoms with Gasteiger partial charge < -0.3 is 9.84 Å². The number of allylic oxidation sites excluding steroid dienone is 2. The van der Waals surface area contributed by atoms with Gasteiger partial charge >= 0.3 is 5.97 Å². The second-order valence-corrected chi connectivity index (χ2v) is 7.29. The van der Waals surface area contributed by atoms with Gasteiger partial charge in [-0.3, -0.25) is 0 Å². The normalized spacial score (nSPS) is 13.6. The Labute approximate surface area is 170 Å². The van der Waals surface area contributed by atoms with Crippen LogP contribution in [-0.4, -0.2) is 16.1 Å². The van der Waals surface area contributed by atoms with E-state index in [-0.39, 0.29) is 5.69 Å². The Morgan fingerprint density at radius 1 is 0.966 bits per heavy atom. The number of carboxylic acids is 1. The summed E-state index contributed by atoms with van der Waals surface area (Å²) in [5.74, 6) is -0.161. The average Bonchev–Trinajstić information content (AvgIpc) is 3.23. The summed E-state index contributed by atoms with van der Waals surface area (Å²) in [5, 5.41) is 9.28. The fourth-order valence-corrected chi connectivity index (χ4v) is 3.73. The van der Waals surface area contributed by atoms with E-state index in [0.717, 1.165) is 47.4 Å². The van der Waals surface area contributed by atoms with Crippen molar-refractivity contribution in [2.45, 2.75) is 32.8 Å². The van der Waals surface area contributed by atoms with E-state index < -0.39 is 5.97 Å². The lowest BCUT2D eigenvalue weighted by Gasteiger charge is -2.14. The van der Waals surface area contributed by atoms with E-state index in [1.165, 1.54) is 17.2 Å². The van der Waals surface area contributed by atoms with Gasteiger partial charge in [0, 0.05) is 5.56 Å². The number of hydrogen-bond donors (Lipinski definition) is 1. The summed E-state index contributed by atoms with van der Waals surface area (Å²) in [6.07, 6.45) is 2.84. The van der Waals surface area contributed by atoms with Crippen LogP contribution in [0, 0.1) is 6.92 Å². The van der Waals surface area contributed by atoms with Gasteiger partial charge in [0.05, 0.1) is 5.69 Å². The molecule has 3 aromatic rings. The van der Waals surface area contributed by atoms with Crippen molar-refractivity contribution in [1.82, 2.24) is 4.98 Å². The Morgan fingerprint density at radius 2 is 1.72 bits per heavy atom. The number of ether oxygens (including phenoxy) is 1. The fourth-order valence-electron chi connectivity index (χ4n) is 3.73. The smallest absolute Gasteiger partial charge is 0.354 e. The molecule has 0 aliphatic heterocycles. The zero-order valence-corrected chi connectivity index (χ0v) is 16.4. The molecule has 0 saturated heterocycles. The van der Waals surface area contributed by atoms with Gasteiger partial charge in [-0.15, -0.1) is 0 Å². The first-order valence-corrected chi connectivity index (χ1v) is 9.82. The summed E-state index contributed by atoms with van der Waals surface area (Å²) in [5.41, 5.74) is 6.54. The van der Waals surface area contributed by atoms with Crippen molar-refractivity contribution in [3.8, 4) is 5.75 Å². The van der Waals surface area contributed by atoms with Crippen LogP contribution in [0.2, 0.25) is 0 Å². The molecule has 0 bridgehead atoms. The molecular formula is C25H23NO3. The van der Waals surface area contributed by atoms with Gasteiger partial charge in [0.2, 0.25) is 0 Å². The molecule has 0 saturated carbocycles. The summed E-state index contributed by atoms with van der Waals surface area (Å²) in [6.45, 7) is 2.58. The maximum atomic E-state index is 11.3. The minimum absolute atomic E-state index is 0.0742. The molecular weight excluding hydrogens is 362 g/mol. The minimum Gasteiger partial charge on any atom is -0.488 e. The molecule has 1 aliphatic rings. The van der Waals surface area contributed by atoms with Crippen molar-refractivity contribution in [2.24, 2.45) is 0 Å². The highest BCUT2D eigenvalue weighted by Crippen LogP contribution is 2.42. The van der Waals surface area contributed by atoms with E-state index in [0.29, 0.717) is 6.61 Å². The lowest BCUT2D eigenvalue weighted by molar-refractivity contribution is 0.0690. The summed E-state index contributed by atoms with van der Waals surface area (Å²) in [4.78, 5) is 15.7. The first kappa shape index (κ1) is 18.9. The van der Waals surface area contributed by atoms with Crippen LogP contribution < -0.4 is 4.74 Å². The molecule has 0 fully saturated rings. The number of aryl methyl sites for hydroxylation is 1. The van der Waals surface area contributed by atoms with E-state index in [2.05, 4.69) is 42.2 Å². The van der Waals surface area contributed by atoms with Crippen LogP contribution in [0.3, 0.4) is 0 Å². The molecule has 4 heteroatoms. The van der Waals surface area contributed by atoms with Crippen LogP contribution in [0.4, 0.5) is 0 Å². The molecule has 4 rings (SSSR count). The molecule has 0 spiro atoms. The average molecular weight is 385 g/mol. The third kappa shape index (κ3) is 4.21. The lowest BCUT2D eigenvalue weighted by Crippen LogP contribution is -2.02. The summed E-state index contributed by atoms with van der Waals surface area (Å²) >= 11 is 0. The van der Waals surface area contributed by atoms with Gasteiger partial charge in [0.25, 0.3) is 0 Å². The number of pyridine rings is 1. The highest BCUT2D eigenvalue weighted by atomic mass is 16.5. The highest BCUT2D eigenvalue weighted by Gasteiger charge is 2.22. The second-order valence-electron chi connectivity index (χ2n) is 7.29. The second kappa shape index (κ2) is 8.31. The number of benzene rings is 2. The van der Waals surface area contributed by atoms with Gasteiger partial charge in [0.1, 0.15) is 18.1 Å². The van der Waals surface area contributed by atoms with Crippen molar-refractivity contribution in [3.05, 3.63) is 94.8 Å². The number of hydrogen-bond acceptors (Lipinski definition) is 3. The molecule has 1 N–H and O–H groups in total. The number of aromatic nitrogens is 1. The van der Waals surface area contributed by atoms with Crippen LogP contribution in [0.25, 0.3) is 11.1 Å². The predicted octanol–water partition coefficient (Wildman–Crippen LogP) is 5.76. The van der Waals surface area contributed by atoms with Gasteiger partial charge in [-0.2, -0.15) is 0 Å². The minimum atomic E-state index is -1.01. The number of rotatable bonds is 6. The van der Waals surface area contributed by atoms with Gasteiger partial charge in [-0.1, -0.05) is 54.1 Å². The summed E-state index contributed by atoms with van der Waals surface area (Å²) < 4.78 is 6.17. The molecule has 146 valence electrons. The molecule has 2 aromatic carbocycles. The summed E-state index contributed by atoms with van der Waals surface area (Å²) in [7, 11) is 0. The SMILES string of the molecule is Cc1ccc(COc2ccccc2C2=C(c3cccc(C(=O)O)n3)CCC2)cc1. The van der Waals surface area contributed by atoms with E-state index in [9.17, 15) is 9.90 Å². The van der Waals surface area contributed by atoms with Crippen LogP contribution >= 0.6 is 0 Å². The Kier molecular flexibility index (Phi) is 5.43. The number of para-hydroxylation sites is 1. The maximum Gasteiger partial charge on any atom is 0.354 e. The monoisotopic (exact) mass is 385 g/mol. The lowest BCUT2D eigenvalue weighted by atomic mass is 9.99. The Bertz CT molecular complexity index is 1070. The third-order valence-electron chi connectivity index (χ3n) is 5.22. The molecule has 0 atom stereocenters. The predicted molar refractivity (Wildman–Crippen MR) is 114 cm³/mol. The largest absolute Gasteiger partial charge is 0.488 e. The molecule has 1 heterocycles. The molecule has 1 aromatic heterocycles.